The van der Waals surface area contributed by atoms with E-state index in [4.69, 9.17) is 11.6 Å². The van der Waals surface area contributed by atoms with Crippen molar-refractivity contribution in [3.05, 3.63) is 52.2 Å². The second kappa shape index (κ2) is 5.81. The smallest absolute Gasteiger partial charge is 0.307 e. The van der Waals surface area contributed by atoms with E-state index < -0.39 is 5.97 Å². The van der Waals surface area contributed by atoms with Crippen LogP contribution in [0.15, 0.2) is 30.3 Å². The number of carboxylic acid groups (broad SMARTS) is 1. The number of hydrogen-bond donors (Lipinski definition) is 2. The van der Waals surface area contributed by atoms with Gasteiger partial charge in [0.2, 0.25) is 0 Å². The van der Waals surface area contributed by atoms with Crippen LogP contribution in [-0.4, -0.2) is 22.2 Å². The Kier molecular flexibility index (Phi) is 3.73. The topological polar surface area (TPSA) is 54.3 Å². The molecule has 25 heavy (non-hydrogen) atoms. The van der Waals surface area contributed by atoms with Gasteiger partial charge in [-0.3, -0.25) is 4.79 Å². The first kappa shape index (κ1) is 16.0. The Balaban J connectivity index is 2.13. The highest BCUT2D eigenvalue weighted by Crippen LogP contribution is 2.45. The summed E-state index contributed by atoms with van der Waals surface area (Å²) in [7, 11) is 0. The number of benzene rings is 2. The largest absolute Gasteiger partial charge is 0.481 e. The van der Waals surface area contributed by atoms with E-state index in [1.165, 1.54) is 5.56 Å². The molecule has 0 saturated heterocycles. The van der Waals surface area contributed by atoms with Crippen LogP contribution in [0.2, 0.25) is 5.02 Å². The maximum Gasteiger partial charge on any atom is 0.307 e. The SMILES string of the molecule is Cc1ccc(-c2c(CC(=O)O)c(Cl)c3c4c2cc(C)n4CCN3)cc1. The number of hydrogen-bond acceptors (Lipinski definition) is 2. The van der Waals surface area contributed by atoms with Crippen molar-refractivity contribution in [1.29, 1.82) is 0 Å². The minimum Gasteiger partial charge on any atom is -0.481 e. The Morgan fingerprint density at radius 1 is 1.28 bits per heavy atom. The van der Waals surface area contributed by atoms with Gasteiger partial charge in [-0.25, -0.2) is 0 Å². The first-order valence-electron chi connectivity index (χ1n) is 8.34. The average Bonchev–Trinajstić information content (AvgIpc) is 2.91. The molecule has 2 aromatic carbocycles. The summed E-state index contributed by atoms with van der Waals surface area (Å²) in [4.78, 5) is 11.5. The molecule has 0 spiro atoms. The summed E-state index contributed by atoms with van der Waals surface area (Å²) in [6.07, 6.45) is -0.100. The van der Waals surface area contributed by atoms with E-state index in [1.807, 2.05) is 31.2 Å². The molecule has 2 N–H and O–H groups in total. The zero-order valence-corrected chi connectivity index (χ0v) is 14.9. The molecule has 0 fully saturated rings. The minimum atomic E-state index is -0.881. The summed E-state index contributed by atoms with van der Waals surface area (Å²) in [5, 5.41) is 14.4. The number of nitrogens with zero attached hydrogens (tertiary/aromatic N) is 1. The minimum absolute atomic E-state index is 0.100. The van der Waals surface area contributed by atoms with E-state index in [9.17, 15) is 9.90 Å². The van der Waals surface area contributed by atoms with Gasteiger partial charge in [0.1, 0.15) is 0 Å². The first-order chi connectivity index (χ1) is 12.0. The zero-order chi connectivity index (χ0) is 17.7. The number of aliphatic carboxylic acids is 1. The van der Waals surface area contributed by atoms with Crippen LogP contribution in [0.4, 0.5) is 5.69 Å². The van der Waals surface area contributed by atoms with Gasteiger partial charge in [-0.05, 0) is 36.6 Å². The standard InChI is InChI=1S/C20H19ClN2O2/c1-11-3-5-13(6-4-11)17-14(10-16(24)25)18(21)19-20-15(17)9-12(2)23(20)8-7-22-19/h3-6,9,22H,7-8,10H2,1-2H3,(H,24,25). The molecule has 0 saturated carbocycles. The third kappa shape index (κ3) is 2.48. The molecule has 0 atom stereocenters. The van der Waals surface area contributed by atoms with Crippen molar-refractivity contribution in [3.63, 3.8) is 0 Å². The molecule has 1 aliphatic rings. The lowest BCUT2D eigenvalue weighted by Crippen LogP contribution is -2.18. The van der Waals surface area contributed by atoms with Crippen LogP contribution in [0.1, 0.15) is 16.8 Å². The maximum absolute atomic E-state index is 11.5. The van der Waals surface area contributed by atoms with Gasteiger partial charge in [0.05, 0.1) is 22.6 Å². The van der Waals surface area contributed by atoms with Crippen LogP contribution < -0.4 is 5.32 Å². The maximum atomic E-state index is 11.5. The summed E-state index contributed by atoms with van der Waals surface area (Å²) >= 11 is 6.69. The van der Waals surface area contributed by atoms with E-state index in [2.05, 4.69) is 22.9 Å². The van der Waals surface area contributed by atoms with Crippen LogP contribution in [0, 0.1) is 13.8 Å². The molecule has 2 heterocycles. The molecule has 1 aromatic heterocycles. The second-order valence-corrected chi connectivity index (χ2v) is 6.98. The lowest BCUT2D eigenvalue weighted by atomic mass is 9.92. The van der Waals surface area contributed by atoms with Crippen molar-refractivity contribution in [1.82, 2.24) is 4.57 Å². The van der Waals surface area contributed by atoms with E-state index >= 15 is 0 Å². The number of halogens is 1. The van der Waals surface area contributed by atoms with E-state index in [-0.39, 0.29) is 6.42 Å². The van der Waals surface area contributed by atoms with Crippen LogP contribution in [0.5, 0.6) is 0 Å². The Bertz CT molecular complexity index is 1000. The van der Waals surface area contributed by atoms with Crippen molar-refractivity contribution in [2.24, 2.45) is 0 Å². The van der Waals surface area contributed by atoms with Crippen LogP contribution in [-0.2, 0) is 17.8 Å². The zero-order valence-electron chi connectivity index (χ0n) is 14.2. The molecule has 4 rings (SSSR count). The number of carbonyl (C=O) groups is 1. The normalized spacial score (nSPS) is 13.1. The van der Waals surface area contributed by atoms with Crippen molar-refractivity contribution in [2.75, 3.05) is 11.9 Å². The average molecular weight is 355 g/mol. The molecule has 128 valence electrons. The number of aromatic nitrogens is 1. The van der Waals surface area contributed by atoms with Gasteiger partial charge >= 0.3 is 5.97 Å². The van der Waals surface area contributed by atoms with Crippen molar-refractivity contribution in [3.8, 4) is 11.1 Å². The predicted octanol–water partition coefficient (Wildman–Crippen LogP) is 4.63. The highest BCUT2D eigenvalue weighted by molar-refractivity contribution is 6.37. The number of nitrogens with one attached hydrogen (secondary N) is 1. The first-order valence-corrected chi connectivity index (χ1v) is 8.72. The Hall–Kier alpha value is -2.46. The lowest BCUT2D eigenvalue weighted by molar-refractivity contribution is -0.136. The van der Waals surface area contributed by atoms with Gasteiger partial charge < -0.3 is 15.0 Å². The van der Waals surface area contributed by atoms with Crippen LogP contribution in [0.3, 0.4) is 0 Å². The molecule has 5 heteroatoms. The highest BCUT2D eigenvalue weighted by Gasteiger charge is 2.26. The Morgan fingerprint density at radius 3 is 2.68 bits per heavy atom. The Labute approximate surface area is 151 Å². The van der Waals surface area contributed by atoms with Crippen LogP contribution >= 0.6 is 11.6 Å². The third-order valence-corrected chi connectivity index (χ3v) is 5.32. The number of carboxylic acids is 1. The fourth-order valence-electron chi connectivity index (χ4n) is 3.77. The van der Waals surface area contributed by atoms with Gasteiger partial charge in [0, 0.05) is 24.2 Å². The molecule has 0 bridgehead atoms. The van der Waals surface area contributed by atoms with E-state index in [0.29, 0.717) is 10.6 Å². The number of aryl methyl sites for hydroxylation is 2. The summed E-state index contributed by atoms with van der Waals surface area (Å²) in [5.41, 5.74) is 6.84. The molecular formula is C20H19ClN2O2. The Morgan fingerprint density at radius 2 is 2.00 bits per heavy atom. The highest BCUT2D eigenvalue weighted by atomic mass is 35.5. The lowest BCUT2D eigenvalue weighted by Gasteiger charge is -2.24. The van der Waals surface area contributed by atoms with Gasteiger partial charge in [-0.2, -0.15) is 0 Å². The van der Waals surface area contributed by atoms with Crippen LogP contribution in [0.25, 0.3) is 22.0 Å². The molecule has 4 nitrogen and oxygen atoms in total. The monoisotopic (exact) mass is 354 g/mol. The van der Waals surface area contributed by atoms with Crippen molar-refractivity contribution >= 4 is 34.2 Å². The molecule has 0 unspecified atom stereocenters. The third-order valence-electron chi connectivity index (χ3n) is 4.90. The van der Waals surface area contributed by atoms with Gasteiger partial charge in [-0.15, -0.1) is 0 Å². The molecule has 0 aliphatic carbocycles. The van der Waals surface area contributed by atoms with Gasteiger partial charge in [0.25, 0.3) is 0 Å². The van der Waals surface area contributed by atoms with Crippen molar-refractivity contribution < 1.29 is 9.90 Å². The van der Waals surface area contributed by atoms with E-state index in [0.717, 1.165) is 46.5 Å². The molecule has 3 aromatic rings. The molecule has 0 radical (unpaired) electrons. The summed E-state index contributed by atoms with van der Waals surface area (Å²) in [5.74, 6) is -0.881. The van der Waals surface area contributed by atoms with Crippen molar-refractivity contribution in [2.45, 2.75) is 26.8 Å². The fraction of sp³-hybridized carbons (Fsp3) is 0.250. The van der Waals surface area contributed by atoms with Gasteiger partial charge in [0.15, 0.2) is 0 Å². The second-order valence-electron chi connectivity index (χ2n) is 6.61. The molecule has 1 aliphatic heterocycles. The summed E-state index contributed by atoms with van der Waals surface area (Å²) in [6.45, 7) is 5.79. The fourth-order valence-corrected chi connectivity index (χ4v) is 4.09. The number of rotatable bonds is 3. The molecule has 0 amide bonds. The van der Waals surface area contributed by atoms with E-state index in [1.54, 1.807) is 0 Å². The quantitative estimate of drug-likeness (QED) is 0.721. The summed E-state index contributed by atoms with van der Waals surface area (Å²) in [6, 6.07) is 10.3. The molecular weight excluding hydrogens is 336 g/mol. The summed E-state index contributed by atoms with van der Waals surface area (Å²) < 4.78 is 2.26. The number of anilines is 1. The van der Waals surface area contributed by atoms with Gasteiger partial charge in [-0.1, -0.05) is 41.4 Å². The predicted molar refractivity (Wildman–Crippen MR) is 102 cm³/mol.